The second-order valence-corrected chi connectivity index (χ2v) is 13.9. The van der Waals surface area contributed by atoms with E-state index in [0.717, 1.165) is 24.1 Å². The number of nitrogens with one attached hydrogen (secondary N) is 1. The smallest absolute Gasteiger partial charge is 0.264 e. The zero-order chi connectivity index (χ0) is 28.7. The van der Waals surface area contributed by atoms with Gasteiger partial charge in [-0.15, -0.1) is 0 Å². The fraction of sp³-hybridized carbons (Fsp3) is 0.500. The highest BCUT2D eigenvalue weighted by Gasteiger charge is 2.41. The van der Waals surface area contributed by atoms with Crippen LogP contribution in [0.1, 0.15) is 52.0 Å². The number of benzene rings is 2. The lowest BCUT2D eigenvalue weighted by Crippen LogP contribution is -2.46. The molecule has 5 rings (SSSR count). The highest BCUT2D eigenvalue weighted by atomic mass is 32.2. The highest BCUT2D eigenvalue weighted by Crippen LogP contribution is 2.32. The first-order valence-corrected chi connectivity index (χ1v) is 15.5. The Morgan fingerprint density at radius 1 is 0.925 bits per heavy atom. The molecule has 0 aromatic heterocycles. The average molecular weight is 567 g/mol. The first kappa shape index (κ1) is 28.1. The number of amides is 3. The van der Waals surface area contributed by atoms with Gasteiger partial charge in [0, 0.05) is 49.7 Å². The predicted molar refractivity (Wildman–Crippen MR) is 153 cm³/mol. The van der Waals surface area contributed by atoms with E-state index in [1.54, 1.807) is 21.9 Å². The Morgan fingerprint density at radius 3 is 2.25 bits per heavy atom. The van der Waals surface area contributed by atoms with Gasteiger partial charge in [0.2, 0.25) is 17.7 Å². The third-order valence-electron chi connectivity index (χ3n) is 8.24. The van der Waals surface area contributed by atoms with Crippen molar-refractivity contribution >= 4 is 39.1 Å². The molecule has 10 heteroatoms. The maximum absolute atomic E-state index is 13.4. The molecule has 40 heavy (non-hydrogen) atoms. The number of rotatable bonds is 5. The summed E-state index contributed by atoms with van der Waals surface area (Å²) in [7, 11) is -3.72. The molecule has 3 aliphatic rings. The molecule has 9 nitrogen and oxygen atoms in total. The fourth-order valence-corrected chi connectivity index (χ4v) is 7.51. The number of carbonyl (C=O) groups is 3. The van der Waals surface area contributed by atoms with E-state index in [1.807, 2.05) is 45.0 Å². The Bertz CT molecular complexity index is 1390. The third-order valence-corrected chi connectivity index (χ3v) is 10.1. The molecule has 3 heterocycles. The number of hydrogen-bond acceptors (Lipinski definition) is 5. The van der Waals surface area contributed by atoms with E-state index in [9.17, 15) is 22.8 Å². The van der Waals surface area contributed by atoms with Crippen molar-refractivity contribution in [1.82, 2.24) is 9.80 Å². The van der Waals surface area contributed by atoms with Crippen molar-refractivity contribution < 1.29 is 22.8 Å². The number of hydrogen-bond donors (Lipinski definition) is 1. The van der Waals surface area contributed by atoms with Gasteiger partial charge in [0.15, 0.2) is 0 Å². The fourth-order valence-electron chi connectivity index (χ4n) is 5.97. The zero-order valence-electron chi connectivity index (χ0n) is 23.4. The molecule has 0 aliphatic carbocycles. The lowest BCUT2D eigenvalue weighted by Gasteiger charge is -2.34. The monoisotopic (exact) mass is 566 g/mol. The Morgan fingerprint density at radius 2 is 1.60 bits per heavy atom. The standard InChI is InChI=1S/C30H38N4O5S/c1-30(2,3)33-20-23(19-27(33)35)29(37)32-17-14-22(15-18-32)28(36)31-24-10-12-25(13-11-24)40(38,39)34-16-6-8-21-7-4-5-9-26(21)34/h4-5,7,9-13,22-23H,6,8,14-20H2,1-3H3,(H,31,36). The second-order valence-electron chi connectivity index (χ2n) is 12.0. The number of para-hydroxylation sites is 1. The molecule has 0 saturated carbocycles. The molecule has 1 N–H and O–H groups in total. The quantitative estimate of drug-likeness (QED) is 0.595. The summed E-state index contributed by atoms with van der Waals surface area (Å²) in [5, 5.41) is 2.91. The van der Waals surface area contributed by atoms with Crippen LogP contribution in [0.4, 0.5) is 11.4 Å². The van der Waals surface area contributed by atoms with Gasteiger partial charge in [-0.3, -0.25) is 18.7 Å². The lowest BCUT2D eigenvalue weighted by atomic mass is 9.94. The van der Waals surface area contributed by atoms with Crippen molar-refractivity contribution in [2.75, 3.05) is 35.8 Å². The van der Waals surface area contributed by atoms with E-state index < -0.39 is 10.0 Å². The number of nitrogens with zero attached hydrogens (tertiary/aromatic N) is 3. The van der Waals surface area contributed by atoms with E-state index in [2.05, 4.69) is 5.32 Å². The molecule has 0 spiro atoms. The second kappa shape index (κ2) is 10.9. The Kier molecular flexibility index (Phi) is 7.65. The van der Waals surface area contributed by atoms with Crippen LogP contribution in [0.5, 0.6) is 0 Å². The van der Waals surface area contributed by atoms with Crippen LogP contribution in [0.15, 0.2) is 53.4 Å². The molecule has 1 atom stereocenters. The number of fused-ring (bicyclic) bond motifs is 1. The van der Waals surface area contributed by atoms with E-state index in [1.165, 1.54) is 16.4 Å². The molecule has 0 radical (unpaired) electrons. The van der Waals surface area contributed by atoms with E-state index in [4.69, 9.17) is 0 Å². The SMILES string of the molecule is CC(C)(C)N1CC(C(=O)N2CCC(C(=O)Nc3ccc(S(=O)(=O)N4CCCc5ccccc54)cc3)CC2)CC1=O. The van der Waals surface area contributed by atoms with Gasteiger partial charge < -0.3 is 15.1 Å². The van der Waals surface area contributed by atoms with Gasteiger partial charge in [-0.2, -0.15) is 0 Å². The normalized spacial score (nSPS) is 20.4. The van der Waals surface area contributed by atoms with Crippen LogP contribution >= 0.6 is 0 Å². The molecular weight excluding hydrogens is 528 g/mol. The van der Waals surface area contributed by atoms with Gasteiger partial charge in [-0.25, -0.2) is 8.42 Å². The van der Waals surface area contributed by atoms with Gasteiger partial charge in [-0.05, 0) is 82.3 Å². The summed E-state index contributed by atoms with van der Waals surface area (Å²) in [6.45, 7) is 7.76. The summed E-state index contributed by atoms with van der Waals surface area (Å²) in [6, 6.07) is 13.9. The zero-order valence-corrected chi connectivity index (χ0v) is 24.2. The average Bonchev–Trinajstić information content (AvgIpc) is 3.35. The molecule has 214 valence electrons. The van der Waals surface area contributed by atoms with Crippen molar-refractivity contribution in [2.24, 2.45) is 11.8 Å². The van der Waals surface area contributed by atoms with E-state index >= 15 is 0 Å². The Labute approximate surface area is 236 Å². The van der Waals surface area contributed by atoms with Gasteiger partial charge in [0.1, 0.15) is 0 Å². The summed E-state index contributed by atoms with van der Waals surface area (Å²) < 4.78 is 28.2. The van der Waals surface area contributed by atoms with Gasteiger partial charge in [-0.1, -0.05) is 18.2 Å². The molecule has 2 aromatic carbocycles. The molecule has 0 bridgehead atoms. The predicted octanol–water partition coefficient (Wildman–Crippen LogP) is 3.65. The highest BCUT2D eigenvalue weighted by molar-refractivity contribution is 7.92. The van der Waals surface area contributed by atoms with E-state index in [-0.39, 0.29) is 46.4 Å². The van der Waals surface area contributed by atoms with Crippen LogP contribution in [0, 0.1) is 11.8 Å². The van der Waals surface area contributed by atoms with Crippen LogP contribution in [0.2, 0.25) is 0 Å². The van der Waals surface area contributed by atoms with Gasteiger partial charge >= 0.3 is 0 Å². The number of anilines is 2. The topological polar surface area (TPSA) is 107 Å². The maximum atomic E-state index is 13.4. The molecule has 3 amide bonds. The van der Waals surface area contributed by atoms with Crippen molar-refractivity contribution in [1.29, 1.82) is 0 Å². The molecular formula is C30H38N4O5S. The number of aryl methyl sites for hydroxylation is 1. The van der Waals surface area contributed by atoms with Crippen molar-refractivity contribution in [3.05, 3.63) is 54.1 Å². The number of carbonyl (C=O) groups excluding carboxylic acids is 3. The van der Waals surface area contributed by atoms with E-state index in [0.29, 0.717) is 44.7 Å². The maximum Gasteiger partial charge on any atom is 0.264 e. The Balaban J connectivity index is 1.16. The lowest BCUT2D eigenvalue weighted by molar-refractivity contribution is -0.138. The molecule has 1 unspecified atom stereocenters. The molecule has 3 aliphatic heterocycles. The summed E-state index contributed by atoms with van der Waals surface area (Å²) in [5.41, 5.74) is 1.98. The molecule has 2 fully saturated rings. The van der Waals surface area contributed by atoms with Crippen LogP contribution in [0.3, 0.4) is 0 Å². The number of piperidine rings is 1. The Hall–Kier alpha value is -3.40. The van der Waals surface area contributed by atoms with Gasteiger partial charge in [0.25, 0.3) is 10.0 Å². The summed E-state index contributed by atoms with van der Waals surface area (Å²) in [6.07, 6.45) is 2.95. The van der Waals surface area contributed by atoms with Crippen molar-refractivity contribution in [3.8, 4) is 0 Å². The third kappa shape index (κ3) is 5.59. The van der Waals surface area contributed by atoms with Crippen LogP contribution < -0.4 is 9.62 Å². The van der Waals surface area contributed by atoms with Crippen LogP contribution in [-0.4, -0.2) is 67.7 Å². The number of likely N-dealkylation sites (tertiary alicyclic amines) is 2. The summed E-state index contributed by atoms with van der Waals surface area (Å²) in [5.74, 6) is -0.701. The minimum absolute atomic E-state index is 0.00733. The number of sulfonamides is 1. The first-order chi connectivity index (χ1) is 18.9. The molecule has 2 aromatic rings. The van der Waals surface area contributed by atoms with Crippen molar-refractivity contribution in [2.45, 2.75) is 63.3 Å². The largest absolute Gasteiger partial charge is 0.342 e. The summed E-state index contributed by atoms with van der Waals surface area (Å²) >= 11 is 0. The first-order valence-electron chi connectivity index (χ1n) is 14.1. The minimum atomic E-state index is -3.72. The van der Waals surface area contributed by atoms with Crippen LogP contribution in [0.25, 0.3) is 0 Å². The molecule has 2 saturated heterocycles. The van der Waals surface area contributed by atoms with Gasteiger partial charge in [0.05, 0.1) is 16.5 Å². The van der Waals surface area contributed by atoms with Crippen LogP contribution in [-0.2, 0) is 30.8 Å². The summed E-state index contributed by atoms with van der Waals surface area (Å²) in [4.78, 5) is 42.2. The minimum Gasteiger partial charge on any atom is -0.342 e. The van der Waals surface area contributed by atoms with Crippen molar-refractivity contribution in [3.63, 3.8) is 0 Å².